The minimum atomic E-state index is -0.216. The number of amides is 1. The van der Waals surface area contributed by atoms with E-state index < -0.39 is 0 Å². The molecule has 1 amide bonds. The minimum absolute atomic E-state index is 0.0312. The van der Waals surface area contributed by atoms with Gasteiger partial charge in [-0.15, -0.1) is 0 Å². The number of benzene rings is 2. The molecule has 4 rings (SSSR count). The molecule has 1 aliphatic heterocycles. The summed E-state index contributed by atoms with van der Waals surface area (Å²) in [5.74, 6) is 2.18. The van der Waals surface area contributed by atoms with Crippen LogP contribution in [0.5, 0.6) is 11.5 Å². The van der Waals surface area contributed by atoms with Crippen LogP contribution in [0.15, 0.2) is 64.8 Å². The summed E-state index contributed by atoms with van der Waals surface area (Å²) in [5.41, 5.74) is 2.11. The van der Waals surface area contributed by atoms with Gasteiger partial charge in [0.15, 0.2) is 5.82 Å². The van der Waals surface area contributed by atoms with Crippen LogP contribution in [0.2, 0.25) is 0 Å². The Morgan fingerprint density at radius 2 is 1.89 bits per heavy atom. The summed E-state index contributed by atoms with van der Waals surface area (Å²) < 4.78 is 10.9. The zero-order valence-corrected chi connectivity index (χ0v) is 21.5. The molecule has 0 unspecified atom stereocenters. The van der Waals surface area contributed by atoms with Crippen molar-refractivity contribution in [2.75, 3.05) is 32.2 Å². The van der Waals surface area contributed by atoms with E-state index in [1.165, 1.54) is 5.56 Å². The second-order valence-electron chi connectivity index (χ2n) is 8.72. The Hall–Kier alpha value is -3.26. The van der Waals surface area contributed by atoms with E-state index in [2.05, 4.69) is 51.4 Å². The van der Waals surface area contributed by atoms with Crippen LogP contribution >= 0.6 is 11.8 Å². The number of carbonyl (C=O) groups excluding carboxylic acids is 1. The molecule has 1 saturated heterocycles. The van der Waals surface area contributed by atoms with Crippen LogP contribution < -0.4 is 19.7 Å². The molecule has 8 heteroatoms. The van der Waals surface area contributed by atoms with Crippen LogP contribution in [0, 0.1) is 12.8 Å². The summed E-state index contributed by atoms with van der Waals surface area (Å²) in [6.07, 6.45) is 5.19. The number of ether oxygens (including phenoxy) is 2. The van der Waals surface area contributed by atoms with Crippen LogP contribution in [-0.4, -0.2) is 43.2 Å². The second kappa shape index (κ2) is 11.4. The van der Waals surface area contributed by atoms with Crippen LogP contribution in [0.4, 0.5) is 5.82 Å². The monoisotopic (exact) mass is 492 g/mol. The zero-order valence-electron chi connectivity index (χ0n) is 20.7. The number of hydrogen-bond acceptors (Lipinski definition) is 7. The van der Waals surface area contributed by atoms with Gasteiger partial charge in [0.05, 0.1) is 26.2 Å². The van der Waals surface area contributed by atoms with Gasteiger partial charge in [0, 0.05) is 35.9 Å². The Morgan fingerprint density at radius 1 is 1.11 bits per heavy atom. The third kappa shape index (κ3) is 6.06. The average molecular weight is 493 g/mol. The molecule has 0 radical (unpaired) electrons. The van der Waals surface area contributed by atoms with Crippen LogP contribution in [0.3, 0.4) is 0 Å². The van der Waals surface area contributed by atoms with Crippen molar-refractivity contribution in [1.82, 2.24) is 15.3 Å². The van der Waals surface area contributed by atoms with Gasteiger partial charge in [-0.25, -0.2) is 9.97 Å². The number of hydrogen-bond donors (Lipinski definition) is 1. The summed E-state index contributed by atoms with van der Waals surface area (Å²) in [5, 5.41) is 4.03. The normalized spacial score (nSPS) is 16.5. The van der Waals surface area contributed by atoms with Gasteiger partial charge in [-0.05, 0) is 57.0 Å². The van der Waals surface area contributed by atoms with Crippen molar-refractivity contribution in [2.24, 2.45) is 5.92 Å². The van der Waals surface area contributed by atoms with Gasteiger partial charge in [0.1, 0.15) is 16.5 Å². The van der Waals surface area contributed by atoms with Gasteiger partial charge < -0.3 is 19.7 Å². The third-order valence-electron chi connectivity index (χ3n) is 6.24. The number of anilines is 1. The molecule has 1 aliphatic rings. The Labute approximate surface area is 211 Å². The maximum atomic E-state index is 13.3. The fourth-order valence-corrected chi connectivity index (χ4v) is 5.18. The number of nitrogens with one attached hydrogen (secondary N) is 1. The first-order valence-electron chi connectivity index (χ1n) is 11.8. The predicted molar refractivity (Wildman–Crippen MR) is 138 cm³/mol. The molecule has 1 N–H and O–H groups in total. The molecule has 0 saturated carbocycles. The van der Waals surface area contributed by atoms with E-state index in [9.17, 15) is 4.79 Å². The summed E-state index contributed by atoms with van der Waals surface area (Å²) >= 11 is 1.60. The summed E-state index contributed by atoms with van der Waals surface area (Å²) in [6, 6.07) is 13.8. The van der Waals surface area contributed by atoms with Gasteiger partial charge in [-0.2, -0.15) is 0 Å². The number of nitrogens with zero attached hydrogens (tertiary/aromatic N) is 3. The maximum Gasteiger partial charge on any atom is 0.225 e. The number of rotatable bonds is 8. The Bertz CT molecular complexity index is 1160. The Balaban J connectivity index is 1.46. The highest BCUT2D eigenvalue weighted by molar-refractivity contribution is 7.99. The molecule has 2 heterocycles. The molecule has 0 aliphatic carbocycles. The van der Waals surface area contributed by atoms with Gasteiger partial charge in [0.2, 0.25) is 5.91 Å². The number of aromatic nitrogens is 2. The highest BCUT2D eigenvalue weighted by Gasteiger charge is 2.29. The number of methoxy groups -OCH3 is 2. The number of piperidine rings is 1. The Kier molecular flexibility index (Phi) is 8.13. The second-order valence-corrected chi connectivity index (χ2v) is 9.79. The van der Waals surface area contributed by atoms with E-state index in [4.69, 9.17) is 9.47 Å². The molecule has 7 nitrogen and oxygen atoms in total. The SMILES string of the molecule is COc1ccc(OC)c([C@@H](C)NC(=O)[C@H]2CCCN(c3nccnc3Sc3ccc(C)cc3)C2)c1. The maximum absolute atomic E-state index is 13.3. The molecule has 35 heavy (non-hydrogen) atoms. The van der Waals surface area contributed by atoms with Crippen molar-refractivity contribution < 1.29 is 14.3 Å². The molecule has 1 fully saturated rings. The van der Waals surface area contributed by atoms with E-state index in [1.807, 2.05) is 25.1 Å². The lowest BCUT2D eigenvalue weighted by molar-refractivity contribution is -0.125. The minimum Gasteiger partial charge on any atom is -0.497 e. The van der Waals surface area contributed by atoms with Crippen molar-refractivity contribution in [3.63, 3.8) is 0 Å². The summed E-state index contributed by atoms with van der Waals surface area (Å²) in [6.45, 7) is 5.50. The molecule has 184 valence electrons. The van der Waals surface area contributed by atoms with E-state index in [0.29, 0.717) is 6.54 Å². The van der Waals surface area contributed by atoms with Crippen molar-refractivity contribution >= 4 is 23.5 Å². The van der Waals surface area contributed by atoms with Gasteiger partial charge in [0.25, 0.3) is 0 Å². The fourth-order valence-electron chi connectivity index (χ4n) is 4.30. The quantitative estimate of drug-likeness (QED) is 0.472. The average Bonchev–Trinajstić information content (AvgIpc) is 2.90. The molecule has 1 aromatic heterocycles. The molecule has 3 aromatic rings. The van der Waals surface area contributed by atoms with Crippen LogP contribution in [0.1, 0.15) is 36.9 Å². The topological polar surface area (TPSA) is 76.6 Å². The first-order valence-corrected chi connectivity index (χ1v) is 12.6. The van der Waals surface area contributed by atoms with E-state index in [-0.39, 0.29) is 17.9 Å². The van der Waals surface area contributed by atoms with Gasteiger partial charge in [-0.3, -0.25) is 4.79 Å². The lowest BCUT2D eigenvalue weighted by Crippen LogP contribution is -2.44. The van der Waals surface area contributed by atoms with Crippen LogP contribution in [-0.2, 0) is 4.79 Å². The highest BCUT2D eigenvalue weighted by atomic mass is 32.2. The standard InChI is InChI=1S/C27H32N4O3S/c1-18-7-10-22(11-8-18)35-27-25(28-13-14-29-27)31-15-5-6-20(17-31)26(32)30-19(2)23-16-21(33-3)9-12-24(23)34-4/h7-14,16,19-20H,5-6,15,17H2,1-4H3,(H,30,32)/t19-,20+/m1/s1. The molecule has 0 bridgehead atoms. The predicted octanol–water partition coefficient (Wildman–Crippen LogP) is 5.05. The summed E-state index contributed by atoms with van der Waals surface area (Å²) in [7, 11) is 3.26. The van der Waals surface area contributed by atoms with Crippen molar-refractivity contribution in [3.8, 4) is 11.5 Å². The zero-order chi connectivity index (χ0) is 24.8. The van der Waals surface area contributed by atoms with E-state index in [0.717, 1.165) is 52.2 Å². The molecular formula is C27H32N4O3S. The lowest BCUT2D eigenvalue weighted by atomic mass is 9.96. The van der Waals surface area contributed by atoms with Crippen molar-refractivity contribution in [3.05, 3.63) is 66.0 Å². The highest BCUT2D eigenvalue weighted by Crippen LogP contribution is 2.34. The Morgan fingerprint density at radius 3 is 2.63 bits per heavy atom. The number of carbonyl (C=O) groups is 1. The first-order chi connectivity index (χ1) is 17.0. The van der Waals surface area contributed by atoms with Crippen molar-refractivity contribution in [1.29, 1.82) is 0 Å². The van der Waals surface area contributed by atoms with E-state index in [1.54, 1.807) is 38.4 Å². The molecule has 2 aromatic carbocycles. The smallest absolute Gasteiger partial charge is 0.225 e. The lowest BCUT2D eigenvalue weighted by Gasteiger charge is -2.34. The number of aryl methyl sites for hydroxylation is 1. The molecule has 0 spiro atoms. The van der Waals surface area contributed by atoms with E-state index >= 15 is 0 Å². The van der Waals surface area contributed by atoms with Gasteiger partial charge >= 0.3 is 0 Å². The summed E-state index contributed by atoms with van der Waals surface area (Å²) in [4.78, 5) is 25.8. The third-order valence-corrected chi connectivity index (χ3v) is 7.23. The largest absolute Gasteiger partial charge is 0.497 e. The fraction of sp³-hybridized carbons (Fsp3) is 0.370. The van der Waals surface area contributed by atoms with Gasteiger partial charge in [-0.1, -0.05) is 29.5 Å². The van der Waals surface area contributed by atoms with Crippen LogP contribution in [0.25, 0.3) is 0 Å². The van der Waals surface area contributed by atoms with Crippen molar-refractivity contribution in [2.45, 2.75) is 42.7 Å². The molecule has 2 atom stereocenters. The molecular weight excluding hydrogens is 460 g/mol. The first kappa shape index (κ1) is 24.9.